The Kier molecular flexibility index (Phi) is 4.18. The highest BCUT2D eigenvalue weighted by atomic mass is 35.5. The van der Waals surface area contributed by atoms with Gasteiger partial charge in [0.1, 0.15) is 0 Å². The zero-order valence-corrected chi connectivity index (χ0v) is 10.3. The van der Waals surface area contributed by atoms with E-state index in [0.29, 0.717) is 12.3 Å². The predicted molar refractivity (Wildman–Crippen MR) is 72.2 cm³/mol. The minimum absolute atomic E-state index is 0.461. The first kappa shape index (κ1) is 12.2. The van der Waals surface area contributed by atoms with Crippen molar-refractivity contribution in [2.24, 2.45) is 0 Å². The van der Waals surface area contributed by atoms with E-state index < -0.39 is 6.10 Å². The first-order valence-corrected chi connectivity index (χ1v) is 6.24. The molecule has 0 aliphatic heterocycles. The fourth-order valence-electron chi connectivity index (χ4n) is 1.80. The Hall–Kier alpha value is -1.31. The third-order valence-electron chi connectivity index (χ3n) is 2.79. The van der Waals surface area contributed by atoms with Gasteiger partial charge >= 0.3 is 0 Å². The quantitative estimate of drug-likeness (QED) is 0.808. The van der Waals surface area contributed by atoms with Crippen molar-refractivity contribution in [2.75, 3.05) is 5.88 Å². The van der Waals surface area contributed by atoms with Crippen LogP contribution in [0.4, 0.5) is 0 Å². The summed E-state index contributed by atoms with van der Waals surface area (Å²) in [4.78, 5) is 0. The van der Waals surface area contributed by atoms with Crippen LogP contribution in [0.15, 0.2) is 54.6 Å². The summed E-state index contributed by atoms with van der Waals surface area (Å²) in [7, 11) is 0. The summed E-state index contributed by atoms with van der Waals surface area (Å²) < 4.78 is 0. The topological polar surface area (TPSA) is 20.2 Å². The molecule has 2 aromatic carbocycles. The maximum absolute atomic E-state index is 9.80. The number of hydrogen-bond donors (Lipinski definition) is 1. The summed E-state index contributed by atoms with van der Waals surface area (Å²) in [5.74, 6) is 0.474. The Balaban J connectivity index is 2.19. The van der Waals surface area contributed by atoms with Crippen LogP contribution >= 0.6 is 11.6 Å². The summed E-state index contributed by atoms with van der Waals surface area (Å²) >= 11 is 5.61. The molecule has 2 rings (SSSR count). The molecule has 0 aliphatic rings. The monoisotopic (exact) mass is 246 g/mol. The SMILES string of the molecule is OC(CCCl)c1ccc(-c2ccccc2)cc1. The molecular formula is C15H15ClO. The molecule has 0 bridgehead atoms. The van der Waals surface area contributed by atoms with Crippen molar-refractivity contribution in [1.82, 2.24) is 0 Å². The van der Waals surface area contributed by atoms with Crippen molar-refractivity contribution in [2.45, 2.75) is 12.5 Å². The molecule has 2 heteroatoms. The Morgan fingerprint density at radius 1 is 0.882 bits per heavy atom. The molecule has 2 aromatic rings. The van der Waals surface area contributed by atoms with Crippen LogP contribution < -0.4 is 0 Å². The molecule has 0 heterocycles. The lowest BCUT2D eigenvalue weighted by molar-refractivity contribution is 0.174. The molecular weight excluding hydrogens is 232 g/mol. The van der Waals surface area contributed by atoms with E-state index >= 15 is 0 Å². The Morgan fingerprint density at radius 2 is 1.47 bits per heavy atom. The van der Waals surface area contributed by atoms with Crippen LogP contribution in [0.3, 0.4) is 0 Å². The Labute approximate surface area is 107 Å². The fourth-order valence-corrected chi connectivity index (χ4v) is 2.01. The second kappa shape index (κ2) is 5.85. The number of aliphatic hydroxyl groups is 1. The van der Waals surface area contributed by atoms with Crippen molar-refractivity contribution < 1.29 is 5.11 Å². The molecule has 1 nitrogen and oxygen atoms in total. The van der Waals surface area contributed by atoms with E-state index in [1.54, 1.807) is 0 Å². The third kappa shape index (κ3) is 3.09. The summed E-state index contributed by atoms with van der Waals surface area (Å²) in [5, 5.41) is 9.80. The molecule has 0 spiro atoms. The number of hydrogen-bond acceptors (Lipinski definition) is 1. The largest absolute Gasteiger partial charge is 0.388 e. The van der Waals surface area contributed by atoms with Crippen LogP contribution in [0.2, 0.25) is 0 Å². The van der Waals surface area contributed by atoms with E-state index in [9.17, 15) is 5.11 Å². The van der Waals surface area contributed by atoms with Crippen molar-refractivity contribution >= 4 is 11.6 Å². The smallest absolute Gasteiger partial charge is 0.0801 e. The number of aliphatic hydroxyl groups excluding tert-OH is 1. The summed E-state index contributed by atoms with van der Waals surface area (Å²) in [5.41, 5.74) is 3.27. The van der Waals surface area contributed by atoms with Gasteiger partial charge in [0.05, 0.1) is 6.10 Å². The molecule has 0 aromatic heterocycles. The van der Waals surface area contributed by atoms with E-state index in [1.807, 2.05) is 42.5 Å². The zero-order chi connectivity index (χ0) is 12.1. The molecule has 1 N–H and O–H groups in total. The minimum Gasteiger partial charge on any atom is -0.388 e. The second-order valence-corrected chi connectivity index (χ2v) is 4.36. The molecule has 0 amide bonds. The number of benzene rings is 2. The minimum atomic E-state index is -0.461. The van der Waals surface area contributed by atoms with Gasteiger partial charge in [-0.3, -0.25) is 0 Å². The third-order valence-corrected chi connectivity index (χ3v) is 3.00. The average Bonchev–Trinajstić information content (AvgIpc) is 2.40. The van der Waals surface area contributed by atoms with E-state index in [-0.39, 0.29) is 0 Å². The van der Waals surface area contributed by atoms with Gasteiger partial charge in [-0.15, -0.1) is 11.6 Å². The maximum atomic E-state index is 9.80. The van der Waals surface area contributed by atoms with Gasteiger partial charge in [0.2, 0.25) is 0 Å². The number of alkyl halides is 1. The van der Waals surface area contributed by atoms with Gasteiger partial charge in [-0.2, -0.15) is 0 Å². The number of rotatable bonds is 4. The van der Waals surface area contributed by atoms with Crippen LogP contribution in [-0.4, -0.2) is 11.0 Å². The summed E-state index contributed by atoms with van der Waals surface area (Å²) in [6, 6.07) is 18.2. The van der Waals surface area contributed by atoms with Gasteiger partial charge in [-0.25, -0.2) is 0 Å². The fraction of sp³-hybridized carbons (Fsp3) is 0.200. The Morgan fingerprint density at radius 3 is 2.06 bits per heavy atom. The number of halogens is 1. The van der Waals surface area contributed by atoms with Gasteiger partial charge in [0.25, 0.3) is 0 Å². The van der Waals surface area contributed by atoms with Crippen LogP contribution in [0.25, 0.3) is 11.1 Å². The van der Waals surface area contributed by atoms with E-state index in [0.717, 1.165) is 11.1 Å². The normalized spacial score (nSPS) is 12.4. The standard InChI is InChI=1S/C15H15ClO/c16-11-10-15(17)14-8-6-13(7-9-14)12-4-2-1-3-5-12/h1-9,15,17H,10-11H2. The van der Waals surface area contributed by atoms with E-state index in [1.165, 1.54) is 5.56 Å². The van der Waals surface area contributed by atoms with E-state index in [4.69, 9.17) is 11.6 Å². The maximum Gasteiger partial charge on any atom is 0.0801 e. The lowest BCUT2D eigenvalue weighted by Crippen LogP contribution is -1.97. The first-order valence-electron chi connectivity index (χ1n) is 5.70. The molecule has 0 aliphatic carbocycles. The van der Waals surface area contributed by atoms with Crippen molar-refractivity contribution in [3.05, 3.63) is 60.2 Å². The molecule has 1 atom stereocenters. The highest BCUT2D eigenvalue weighted by molar-refractivity contribution is 6.17. The highest BCUT2D eigenvalue weighted by Gasteiger charge is 2.06. The molecule has 1 unspecified atom stereocenters. The molecule has 0 fully saturated rings. The molecule has 17 heavy (non-hydrogen) atoms. The lowest BCUT2D eigenvalue weighted by atomic mass is 10.0. The second-order valence-electron chi connectivity index (χ2n) is 3.98. The lowest BCUT2D eigenvalue weighted by Gasteiger charge is -2.10. The van der Waals surface area contributed by atoms with Gasteiger partial charge in [0.15, 0.2) is 0 Å². The van der Waals surface area contributed by atoms with E-state index in [2.05, 4.69) is 12.1 Å². The highest BCUT2D eigenvalue weighted by Crippen LogP contribution is 2.23. The molecule has 0 saturated heterocycles. The van der Waals surface area contributed by atoms with Crippen molar-refractivity contribution in [1.29, 1.82) is 0 Å². The van der Waals surface area contributed by atoms with Gasteiger partial charge in [0, 0.05) is 5.88 Å². The summed E-state index contributed by atoms with van der Waals surface area (Å²) in [6.07, 6.45) is 0.129. The van der Waals surface area contributed by atoms with Crippen LogP contribution in [0.1, 0.15) is 18.1 Å². The van der Waals surface area contributed by atoms with Crippen molar-refractivity contribution in [3.8, 4) is 11.1 Å². The van der Waals surface area contributed by atoms with Crippen LogP contribution in [0.5, 0.6) is 0 Å². The molecule has 88 valence electrons. The summed E-state index contributed by atoms with van der Waals surface area (Å²) in [6.45, 7) is 0. The van der Waals surface area contributed by atoms with Crippen molar-refractivity contribution in [3.63, 3.8) is 0 Å². The Bertz CT molecular complexity index is 450. The van der Waals surface area contributed by atoms with Gasteiger partial charge in [-0.1, -0.05) is 54.6 Å². The van der Waals surface area contributed by atoms with Gasteiger partial charge in [-0.05, 0) is 23.1 Å². The predicted octanol–water partition coefficient (Wildman–Crippen LogP) is 4.02. The average molecular weight is 247 g/mol. The first-order chi connectivity index (χ1) is 8.31. The van der Waals surface area contributed by atoms with Crippen LogP contribution in [0, 0.1) is 0 Å². The molecule has 0 saturated carbocycles. The van der Waals surface area contributed by atoms with Gasteiger partial charge < -0.3 is 5.11 Å². The zero-order valence-electron chi connectivity index (χ0n) is 9.51. The molecule has 0 radical (unpaired) electrons. The van der Waals surface area contributed by atoms with Crippen LogP contribution in [-0.2, 0) is 0 Å².